The van der Waals surface area contributed by atoms with Crippen molar-refractivity contribution in [3.63, 3.8) is 0 Å². The Morgan fingerprint density at radius 1 is 0.893 bits per heavy atom. The Morgan fingerprint density at radius 3 is 2.11 bits per heavy atom. The Labute approximate surface area is 168 Å². The van der Waals surface area contributed by atoms with E-state index < -0.39 is 11.2 Å². The van der Waals surface area contributed by atoms with Crippen LogP contribution in [0.4, 0.5) is 0 Å². The van der Waals surface area contributed by atoms with Gasteiger partial charge in [-0.1, -0.05) is 37.3 Å². The van der Waals surface area contributed by atoms with Gasteiger partial charge in [0.2, 0.25) is 0 Å². The first kappa shape index (κ1) is 20.3. The summed E-state index contributed by atoms with van der Waals surface area (Å²) >= 11 is 0. The van der Waals surface area contributed by atoms with E-state index >= 15 is 0 Å². The van der Waals surface area contributed by atoms with Gasteiger partial charge in [0.15, 0.2) is 5.78 Å². The fourth-order valence-corrected chi connectivity index (χ4v) is 3.91. The van der Waals surface area contributed by atoms with E-state index in [4.69, 9.17) is 4.74 Å². The Morgan fingerprint density at radius 2 is 1.50 bits per heavy atom. The summed E-state index contributed by atoms with van der Waals surface area (Å²) in [4.78, 5) is 13.2. The molecule has 3 heteroatoms. The highest BCUT2D eigenvalue weighted by atomic mass is 16.5. The third-order valence-corrected chi connectivity index (χ3v) is 5.69. The first-order chi connectivity index (χ1) is 13.0. The standard InChI is InChI=1S/C25H30O3/c1-8-17-11-12-19(18-10-9-15(2)16(3)13-18)14-20(17)21-22(26)24(4,5)28-25(6,7)23(21)27/h9-14,26H,8H2,1-7H3. The molecule has 0 radical (unpaired) electrons. The molecular formula is C25H30O3. The van der Waals surface area contributed by atoms with Gasteiger partial charge in [0, 0.05) is 0 Å². The van der Waals surface area contributed by atoms with E-state index in [1.54, 1.807) is 27.7 Å². The molecule has 0 unspecified atom stereocenters. The van der Waals surface area contributed by atoms with Crippen LogP contribution in [0.3, 0.4) is 0 Å². The molecule has 2 aromatic rings. The predicted octanol–water partition coefficient (Wildman–Crippen LogP) is 5.96. The average Bonchev–Trinajstić information content (AvgIpc) is 2.62. The van der Waals surface area contributed by atoms with Crippen molar-refractivity contribution >= 4 is 11.4 Å². The number of hydrogen-bond acceptors (Lipinski definition) is 3. The molecule has 0 aromatic heterocycles. The van der Waals surface area contributed by atoms with Crippen molar-refractivity contribution in [1.29, 1.82) is 0 Å². The van der Waals surface area contributed by atoms with Gasteiger partial charge in [-0.2, -0.15) is 0 Å². The minimum Gasteiger partial charge on any atom is -0.508 e. The SMILES string of the molecule is CCc1ccc(-c2ccc(C)c(C)c2)cc1C1=C(O)C(C)(C)OC(C)(C)C1=O. The van der Waals surface area contributed by atoms with Crippen LogP contribution in [0.5, 0.6) is 0 Å². The highest BCUT2D eigenvalue weighted by Crippen LogP contribution is 2.41. The van der Waals surface area contributed by atoms with Gasteiger partial charge < -0.3 is 9.84 Å². The van der Waals surface area contributed by atoms with Gasteiger partial charge in [-0.25, -0.2) is 0 Å². The Balaban J connectivity index is 2.25. The molecule has 1 N–H and O–H groups in total. The van der Waals surface area contributed by atoms with Crippen LogP contribution in [0.1, 0.15) is 56.9 Å². The second kappa shape index (κ2) is 6.89. The summed E-state index contributed by atoms with van der Waals surface area (Å²) in [5.41, 5.74) is 4.91. The number of hydrogen-bond donors (Lipinski definition) is 1. The topological polar surface area (TPSA) is 46.5 Å². The second-order valence-electron chi connectivity index (χ2n) is 8.70. The van der Waals surface area contributed by atoms with Crippen molar-refractivity contribution in [2.75, 3.05) is 0 Å². The zero-order valence-corrected chi connectivity index (χ0v) is 17.9. The summed E-state index contributed by atoms with van der Waals surface area (Å²) in [6, 6.07) is 12.5. The van der Waals surface area contributed by atoms with E-state index in [2.05, 4.69) is 51.1 Å². The molecule has 148 valence electrons. The lowest BCUT2D eigenvalue weighted by Gasteiger charge is -2.40. The Bertz CT molecular complexity index is 977. The molecule has 0 aliphatic carbocycles. The second-order valence-corrected chi connectivity index (χ2v) is 8.70. The maximum atomic E-state index is 13.2. The maximum absolute atomic E-state index is 13.2. The van der Waals surface area contributed by atoms with Gasteiger partial charge in [-0.15, -0.1) is 0 Å². The van der Waals surface area contributed by atoms with Crippen LogP contribution in [0, 0.1) is 13.8 Å². The van der Waals surface area contributed by atoms with Crippen molar-refractivity contribution < 1.29 is 14.6 Å². The predicted molar refractivity (Wildman–Crippen MR) is 115 cm³/mol. The molecule has 1 heterocycles. The zero-order chi connectivity index (χ0) is 20.9. The largest absolute Gasteiger partial charge is 0.508 e. The quantitative estimate of drug-likeness (QED) is 0.717. The summed E-state index contributed by atoms with van der Waals surface area (Å²) in [6.07, 6.45) is 0.772. The molecule has 0 saturated carbocycles. The van der Waals surface area contributed by atoms with Gasteiger partial charge in [0.05, 0.1) is 5.57 Å². The van der Waals surface area contributed by atoms with Crippen LogP contribution in [-0.4, -0.2) is 22.1 Å². The van der Waals surface area contributed by atoms with Crippen LogP contribution >= 0.6 is 0 Å². The van der Waals surface area contributed by atoms with E-state index in [0.29, 0.717) is 5.57 Å². The number of rotatable bonds is 3. The third kappa shape index (κ3) is 3.40. The van der Waals surface area contributed by atoms with Gasteiger partial charge in [0.1, 0.15) is 17.0 Å². The van der Waals surface area contributed by atoms with Crippen molar-refractivity contribution in [3.8, 4) is 11.1 Å². The molecule has 2 aromatic carbocycles. The van der Waals surface area contributed by atoms with Crippen LogP contribution in [0.25, 0.3) is 16.7 Å². The lowest BCUT2D eigenvalue weighted by atomic mass is 9.80. The normalized spacial score (nSPS) is 18.5. The number of aliphatic hydroxyl groups excluding tert-OH is 1. The fourth-order valence-electron chi connectivity index (χ4n) is 3.91. The van der Waals surface area contributed by atoms with Gasteiger partial charge in [-0.3, -0.25) is 4.79 Å². The fraction of sp³-hybridized carbons (Fsp3) is 0.400. The molecular weight excluding hydrogens is 348 g/mol. The lowest BCUT2D eigenvalue weighted by Crippen LogP contribution is -2.49. The minimum atomic E-state index is -0.994. The summed E-state index contributed by atoms with van der Waals surface area (Å²) in [7, 11) is 0. The molecule has 0 spiro atoms. The number of aryl methyl sites for hydroxylation is 3. The summed E-state index contributed by atoms with van der Waals surface area (Å²) in [5, 5.41) is 10.9. The third-order valence-electron chi connectivity index (χ3n) is 5.69. The molecule has 0 bridgehead atoms. The molecule has 1 aliphatic heterocycles. The van der Waals surface area contributed by atoms with Gasteiger partial charge in [0.25, 0.3) is 0 Å². The van der Waals surface area contributed by atoms with Crippen LogP contribution < -0.4 is 0 Å². The number of carbonyl (C=O) groups excluding carboxylic acids is 1. The number of aliphatic hydroxyl groups is 1. The first-order valence-corrected chi connectivity index (χ1v) is 9.87. The summed E-state index contributed by atoms with van der Waals surface area (Å²) in [6.45, 7) is 13.4. The van der Waals surface area contributed by atoms with E-state index in [0.717, 1.165) is 28.7 Å². The molecule has 1 aliphatic rings. The van der Waals surface area contributed by atoms with Crippen molar-refractivity contribution in [2.45, 2.75) is 66.1 Å². The molecule has 0 saturated heterocycles. The number of ketones is 1. The number of carbonyl (C=O) groups is 1. The zero-order valence-electron chi connectivity index (χ0n) is 17.9. The van der Waals surface area contributed by atoms with E-state index in [1.165, 1.54) is 11.1 Å². The highest BCUT2D eigenvalue weighted by molar-refractivity contribution is 6.26. The van der Waals surface area contributed by atoms with Crippen molar-refractivity contribution in [3.05, 3.63) is 64.4 Å². The molecule has 0 fully saturated rings. The molecule has 0 amide bonds. The first-order valence-electron chi connectivity index (χ1n) is 9.87. The highest BCUT2D eigenvalue weighted by Gasteiger charge is 2.47. The average molecular weight is 379 g/mol. The lowest BCUT2D eigenvalue weighted by molar-refractivity contribution is -0.158. The number of Topliss-reactive ketones (excluding diaryl/α,β-unsaturated/α-hetero) is 1. The Kier molecular flexibility index (Phi) is 5.01. The molecule has 3 rings (SSSR count). The molecule has 0 atom stereocenters. The molecule has 3 nitrogen and oxygen atoms in total. The summed E-state index contributed by atoms with van der Waals surface area (Å²) in [5.74, 6) is -0.181. The van der Waals surface area contributed by atoms with Gasteiger partial charge in [-0.05, 0) is 87.4 Å². The minimum absolute atomic E-state index is 0.00348. The van der Waals surface area contributed by atoms with Crippen LogP contribution in [0.2, 0.25) is 0 Å². The van der Waals surface area contributed by atoms with E-state index in [9.17, 15) is 9.90 Å². The van der Waals surface area contributed by atoms with Crippen LogP contribution in [-0.2, 0) is 16.0 Å². The van der Waals surface area contributed by atoms with Crippen molar-refractivity contribution in [2.24, 2.45) is 0 Å². The van der Waals surface area contributed by atoms with Crippen molar-refractivity contribution in [1.82, 2.24) is 0 Å². The number of ether oxygens (including phenoxy) is 1. The molecule has 28 heavy (non-hydrogen) atoms. The van der Waals surface area contributed by atoms with Crippen LogP contribution in [0.15, 0.2) is 42.2 Å². The monoisotopic (exact) mass is 378 g/mol. The smallest absolute Gasteiger partial charge is 0.198 e. The number of benzene rings is 2. The summed E-state index contributed by atoms with van der Waals surface area (Å²) < 4.78 is 5.90. The van der Waals surface area contributed by atoms with Gasteiger partial charge >= 0.3 is 0 Å². The Hall–Kier alpha value is -2.39. The van der Waals surface area contributed by atoms with E-state index in [-0.39, 0.29) is 11.5 Å². The maximum Gasteiger partial charge on any atom is 0.198 e. The van der Waals surface area contributed by atoms with E-state index in [1.807, 2.05) is 6.07 Å².